The molecule has 0 unspecified atom stereocenters. The zero-order valence-corrected chi connectivity index (χ0v) is 41.5. The van der Waals surface area contributed by atoms with Crippen LogP contribution in [0.5, 0.6) is 17.5 Å². The lowest BCUT2D eigenvalue weighted by Crippen LogP contribution is -2.47. The van der Waals surface area contributed by atoms with Crippen LogP contribution >= 0.6 is 22.9 Å². The standard InChI is InChI=1S/C51H58ClN11O6S/c1-28(2)38-22-39(42(65)24-41(38)64)47-57-59-51(69)63(47)37-12-6-33(7-13-37)27-60-18-16-35(17-19-60)49(68)61-20-14-32(15-21-61)25-53-44(67)26-54-43(66)23-40-48-58-56-31(5)62(48)50-45(29(3)30(4)70-50)46(55-40)34-8-10-36(52)11-9-34/h6-13,22,24,28,32,35,40,64-65H,14-21,23,25-27H2,1-5H3,(H,53,67)(H,54,66)(H,59,69)/t40-/m0/s1. The number of hydrogen-bond acceptors (Lipinski definition) is 13. The molecule has 0 radical (unpaired) electrons. The van der Waals surface area contributed by atoms with E-state index >= 15 is 0 Å². The minimum absolute atomic E-state index is 0.00615. The van der Waals surface area contributed by atoms with Crippen molar-refractivity contribution in [2.24, 2.45) is 16.8 Å². The number of hydrogen-bond donors (Lipinski definition) is 5. The maximum Gasteiger partial charge on any atom is 0.319 e. The number of aliphatic imine (C=N–C) groups is 1. The smallest absolute Gasteiger partial charge is 0.319 e. The summed E-state index contributed by atoms with van der Waals surface area (Å²) in [6.07, 6.45) is 3.10. The van der Waals surface area contributed by atoms with Crippen LogP contribution in [0.3, 0.4) is 0 Å². The summed E-state index contributed by atoms with van der Waals surface area (Å²) in [6.45, 7) is 13.8. The quantitative estimate of drug-likeness (QED) is 0.0790. The van der Waals surface area contributed by atoms with Gasteiger partial charge >= 0.3 is 6.01 Å². The number of rotatable bonds is 13. The normalized spacial score (nSPS) is 16.7. The van der Waals surface area contributed by atoms with Crippen molar-refractivity contribution in [1.29, 1.82) is 0 Å². The number of aryl methyl sites for hydroxylation is 2. The Labute approximate surface area is 415 Å². The van der Waals surface area contributed by atoms with Gasteiger partial charge in [0.2, 0.25) is 17.7 Å². The predicted octanol–water partition coefficient (Wildman–Crippen LogP) is 7.06. The highest BCUT2D eigenvalue weighted by molar-refractivity contribution is 7.15. The van der Waals surface area contributed by atoms with Gasteiger partial charge in [0.05, 0.1) is 29.9 Å². The van der Waals surface area contributed by atoms with E-state index < -0.39 is 6.04 Å². The second kappa shape index (κ2) is 20.4. The average Bonchev–Trinajstić information content (AvgIpc) is 3.99. The summed E-state index contributed by atoms with van der Waals surface area (Å²) < 4.78 is 3.45. The Balaban J connectivity index is 0.717. The predicted molar refractivity (Wildman–Crippen MR) is 267 cm³/mol. The van der Waals surface area contributed by atoms with Crippen molar-refractivity contribution >= 4 is 46.4 Å². The lowest BCUT2D eigenvalue weighted by atomic mass is 9.92. The molecule has 2 fully saturated rings. The van der Waals surface area contributed by atoms with Crippen molar-refractivity contribution in [2.75, 3.05) is 39.3 Å². The summed E-state index contributed by atoms with van der Waals surface area (Å²) in [5.41, 5.74) is 6.39. The van der Waals surface area contributed by atoms with Gasteiger partial charge in [-0.1, -0.05) is 54.8 Å². The maximum atomic E-state index is 13.7. The number of nitrogens with zero attached hydrogens (tertiary/aromatic N) is 9. The Morgan fingerprint density at radius 2 is 1.53 bits per heavy atom. The molecule has 3 amide bonds. The third-order valence-corrected chi connectivity index (χ3v) is 15.3. The number of nitrogens with one attached hydrogen (secondary N) is 2. The summed E-state index contributed by atoms with van der Waals surface area (Å²) in [5.74, 6) is 1.12. The first kappa shape index (κ1) is 48.4. The number of thiophene rings is 1. The fourth-order valence-corrected chi connectivity index (χ4v) is 11.1. The Morgan fingerprint density at radius 3 is 2.23 bits per heavy atom. The van der Waals surface area contributed by atoms with Crippen LogP contribution < -0.4 is 10.6 Å². The number of phenolic OH excluding ortho intramolecular Hbond substituents is 2. The van der Waals surface area contributed by atoms with Crippen molar-refractivity contribution in [3.63, 3.8) is 0 Å². The van der Waals surface area contributed by atoms with E-state index in [0.29, 0.717) is 59.7 Å². The summed E-state index contributed by atoms with van der Waals surface area (Å²) in [6, 6.07) is 17.2. The SMILES string of the molecule is Cc1sc2c(c1C)C(c1ccc(Cl)cc1)=N[C@@H](CC(=O)NCC(=O)NCC1CCN(C(=O)C3CCN(Cc4ccc(-n5c(O)nnc5-c5cc(C(C)C)c(O)cc5O)cc4)CC3)CC1)c1nnc(C)n1-2. The van der Waals surface area contributed by atoms with Gasteiger partial charge in [-0.2, -0.15) is 0 Å². The molecule has 3 aliphatic heterocycles. The molecule has 0 aliphatic carbocycles. The molecule has 6 aromatic rings. The Bertz CT molecular complexity index is 2950. The van der Waals surface area contributed by atoms with Crippen LogP contribution in [0.2, 0.25) is 5.02 Å². The second-order valence-corrected chi connectivity index (χ2v) is 20.6. The molecule has 3 aromatic heterocycles. The molecule has 0 spiro atoms. The van der Waals surface area contributed by atoms with Gasteiger partial charge < -0.3 is 30.9 Å². The highest BCUT2D eigenvalue weighted by Crippen LogP contribution is 2.41. The van der Waals surface area contributed by atoms with Gasteiger partial charge in [-0.05, 0) is 118 Å². The molecule has 0 saturated carbocycles. The first-order valence-corrected chi connectivity index (χ1v) is 25.0. The summed E-state index contributed by atoms with van der Waals surface area (Å²) in [5, 5.41) is 55.9. The monoisotopic (exact) mass is 987 g/mol. The van der Waals surface area contributed by atoms with Crippen LogP contribution in [0.15, 0.2) is 65.7 Å². The summed E-state index contributed by atoms with van der Waals surface area (Å²) in [7, 11) is 0. The molecule has 3 aromatic carbocycles. The van der Waals surface area contributed by atoms with E-state index in [1.807, 2.05) is 78.8 Å². The Morgan fingerprint density at radius 1 is 0.814 bits per heavy atom. The van der Waals surface area contributed by atoms with Gasteiger partial charge in [-0.25, -0.2) is 4.57 Å². The number of phenols is 2. The molecule has 6 heterocycles. The van der Waals surface area contributed by atoms with Gasteiger partial charge in [0.25, 0.3) is 0 Å². The lowest BCUT2D eigenvalue weighted by Gasteiger charge is -2.37. The van der Waals surface area contributed by atoms with Crippen LogP contribution in [-0.2, 0) is 20.9 Å². The molecule has 0 bridgehead atoms. The zero-order valence-electron chi connectivity index (χ0n) is 39.9. The fraction of sp³-hybridized carbons (Fsp3) is 0.412. The van der Waals surface area contributed by atoms with E-state index in [2.05, 4.69) is 49.8 Å². The molecule has 19 heteroatoms. The number of carbonyl (C=O) groups excluding carboxylic acids is 3. The highest BCUT2D eigenvalue weighted by Gasteiger charge is 2.34. The van der Waals surface area contributed by atoms with E-state index in [1.165, 1.54) is 10.6 Å². The molecule has 3 aliphatic rings. The van der Waals surface area contributed by atoms with Crippen LogP contribution in [0.4, 0.5) is 0 Å². The Hall–Kier alpha value is -6.63. The first-order chi connectivity index (χ1) is 33.6. The van der Waals surface area contributed by atoms with Crippen LogP contribution in [0.25, 0.3) is 22.1 Å². The number of likely N-dealkylation sites (tertiary alicyclic amines) is 2. The fourth-order valence-electron chi connectivity index (χ4n) is 9.77. The number of halogens is 1. The van der Waals surface area contributed by atoms with Crippen molar-refractivity contribution in [3.05, 3.63) is 110 Å². The molecule has 1 atom stereocenters. The molecule has 9 rings (SSSR count). The zero-order chi connectivity index (χ0) is 49.4. The number of fused-ring (bicyclic) bond motifs is 3. The van der Waals surface area contributed by atoms with Crippen molar-refractivity contribution < 1.29 is 29.7 Å². The third-order valence-electron chi connectivity index (χ3n) is 13.9. The second-order valence-electron chi connectivity index (χ2n) is 18.9. The summed E-state index contributed by atoms with van der Waals surface area (Å²) in [4.78, 5) is 50.7. The maximum absolute atomic E-state index is 13.7. The molecule has 2 saturated heterocycles. The van der Waals surface area contributed by atoms with Gasteiger partial charge in [0, 0.05) is 59.2 Å². The van der Waals surface area contributed by atoms with Crippen LogP contribution in [0, 0.1) is 32.6 Å². The number of amides is 3. The molecule has 5 N–H and O–H groups in total. The van der Waals surface area contributed by atoms with Gasteiger partial charge in [-0.3, -0.25) is 28.8 Å². The first-order valence-electron chi connectivity index (χ1n) is 23.8. The number of aromatic nitrogens is 6. The molecular weight excluding hydrogens is 930 g/mol. The molecule has 17 nitrogen and oxygen atoms in total. The van der Waals surface area contributed by atoms with E-state index in [4.69, 9.17) is 16.6 Å². The van der Waals surface area contributed by atoms with Gasteiger partial charge in [-0.15, -0.1) is 26.6 Å². The number of aromatic hydroxyl groups is 3. The van der Waals surface area contributed by atoms with E-state index in [-0.39, 0.29) is 71.8 Å². The van der Waals surface area contributed by atoms with Crippen molar-refractivity contribution in [1.82, 2.24) is 50.0 Å². The average molecular weight is 989 g/mol. The Kier molecular flexibility index (Phi) is 14.1. The third kappa shape index (κ3) is 10.0. The molecular formula is C51H58ClN11O6S. The van der Waals surface area contributed by atoms with Gasteiger partial charge in [0.15, 0.2) is 11.6 Å². The van der Waals surface area contributed by atoms with E-state index in [1.54, 1.807) is 17.4 Å². The number of carbonyl (C=O) groups is 3. The van der Waals surface area contributed by atoms with E-state index in [0.717, 1.165) is 76.6 Å². The largest absolute Gasteiger partial charge is 0.508 e. The highest BCUT2D eigenvalue weighted by atomic mass is 35.5. The number of piperidine rings is 2. The van der Waals surface area contributed by atoms with Gasteiger partial charge in [0.1, 0.15) is 28.4 Å². The minimum atomic E-state index is -0.644. The summed E-state index contributed by atoms with van der Waals surface area (Å²) >= 11 is 7.89. The van der Waals surface area contributed by atoms with Crippen LogP contribution in [0.1, 0.15) is 102 Å². The minimum Gasteiger partial charge on any atom is -0.508 e. The topological polar surface area (TPSA) is 216 Å². The van der Waals surface area contributed by atoms with E-state index in [9.17, 15) is 29.7 Å². The van der Waals surface area contributed by atoms with Crippen molar-refractivity contribution in [2.45, 2.75) is 85.2 Å². The van der Waals surface area contributed by atoms with Crippen LogP contribution in [-0.4, -0.2) is 117 Å². The van der Waals surface area contributed by atoms with Crippen molar-refractivity contribution in [3.8, 4) is 39.6 Å². The molecule has 70 heavy (non-hydrogen) atoms. The lowest BCUT2D eigenvalue weighted by molar-refractivity contribution is -0.138. The number of benzene rings is 3. The molecule has 366 valence electrons.